The van der Waals surface area contributed by atoms with Gasteiger partial charge in [0.25, 0.3) is 5.91 Å². The number of hydrogen-bond donors (Lipinski definition) is 1. The van der Waals surface area contributed by atoms with Gasteiger partial charge in [-0.2, -0.15) is 10.1 Å². The molecule has 0 saturated heterocycles. The number of aryl methyl sites for hydroxylation is 2. The highest BCUT2D eigenvalue weighted by Gasteiger charge is 2.18. The van der Waals surface area contributed by atoms with Crippen molar-refractivity contribution >= 4 is 17.5 Å². The fourth-order valence-corrected chi connectivity index (χ4v) is 3.05. The number of carbonyl (C=O) groups is 1. The highest BCUT2D eigenvalue weighted by molar-refractivity contribution is 6.30. The molecule has 29 heavy (non-hydrogen) atoms. The molecule has 3 heterocycles. The minimum Gasteiger partial charge on any atom is -0.463 e. The smallest absolute Gasteiger partial charge is 0.271 e. The lowest BCUT2D eigenvalue weighted by atomic mass is 10.2. The monoisotopic (exact) mass is 411 g/mol. The molecule has 0 saturated carbocycles. The molecule has 0 spiro atoms. The summed E-state index contributed by atoms with van der Waals surface area (Å²) in [6.07, 6.45) is 2.84. The number of nitrogens with one attached hydrogen (secondary N) is 1. The largest absolute Gasteiger partial charge is 0.463 e. The van der Waals surface area contributed by atoms with Crippen LogP contribution >= 0.6 is 11.6 Å². The van der Waals surface area contributed by atoms with Crippen LogP contribution in [0.1, 0.15) is 28.6 Å². The number of furan rings is 1. The van der Waals surface area contributed by atoms with Crippen molar-refractivity contribution in [2.45, 2.75) is 19.8 Å². The number of benzene rings is 1. The van der Waals surface area contributed by atoms with E-state index in [4.69, 9.17) is 20.5 Å². The molecular formula is C20H18ClN5O3. The first kappa shape index (κ1) is 18.9. The van der Waals surface area contributed by atoms with Gasteiger partial charge in [-0.1, -0.05) is 22.8 Å². The molecule has 0 aliphatic carbocycles. The third kappa shape index (κ3) is 4.38. The first-order chi connectivity index (χ1) is 14.1. The van der Waals surface area contributed by atoms with Crippen LogP contribution in [0.4, 0.5) is 0 Å². The van der Waals surface area contributed by atoms with E-state index >= 15 is 0 Å². The molecule has 8 nitrogen and oxygen atoms in total. The van der Waals surface area contributed by atoms with E-state index in [-0.39, 0.29) is 11.6 Å². The first-order valence-corrected chi connectivity index (χ1v) is 9.45. The standard InChI is InChI=1S/C20H18ClN5O3/c1-13-23-19(29-25-13)8-3-9-22-20(27)16-12-17(18-7-4-10-28-18)26(24-16)15-6-2-5-14(21)11-15/h2,4-7,10-12H,3,8-9H2,1H3,(H,22,27). The van der Waals surface area contributed by atoms with E-state index in [2.05, 4.69) is 20.6 Å². The number of hydrogen-bond acceptors (Lipinski definition) is 6. The topological polar surface area (TPSA) is 99.0 Å². The average molecular weight is 412 g/mol. The van der Waals surface area contributed by atoms with Gasteiger partial charge in [0.15, 0.2) is 17.3 Å². The van der Waals surface area contributed by atoms with Crippen LogP contribution in [0.2, 0.25) is 5.02 Å². The molecule has 4 aromatic rings. The highest BCUT2D eigenvalue weighted by Crippen LogP contribution is 2.25. The maximum absolute atomic E-state index is 12.6. The molecule has 3 aromatic heterocycles. The summed E-state index contributed by atoms with van der Waals surface area (Å²) in [6, 6.07) is 12.5. The Morgan fingerprint density at radius 2 is 2.14 bits per heavy atom. The zero-order valence-corrected chi connectivity index (χ0v) is 16.4. The quantitative estimate of drug-likeness (QED) is 0.464. The highest BCUT2D eigenvalue weighted by atomic mass is 35.5. The summed E-state index contributed by atoms with van der Waals surface area (Å²) in [5.41, 5.74) is 1.67. The van der Waals surface area contributed by atoms with Gasteiger partial charge in [0, 0.05) is 24.1 Å². The second-order valence-electron chi connectivity index (χ2n) is 6.38. The Morgan fingerprint density at radius 1 is 1.24 bits per heavy atom. The summed E-state index contributed by atoms with van der Waals surface area (Å²) < 4.78 is 12.2. The Morgan fingerprint density at radius 3 is 2.86 bits per heavy atom. The van der Waals surface area contributed by atoms with Gasteiger partial charge in [-0.15, -0.1) is 0 Å². The number of aromatic nitrogens is 4. The van der Waals surface area contributed by atoms with E-state index in [0.29, 0.717) is 47.6 Å². The second kappa shape index (κ2) is 8.32. The summed E-state index contributed by atoms with van der Waals surface area (Å²) in [7, 11) is 0. The molecule has 0 radical (unpaired) electrons. The van der Waals surface area contributed by atoms with Crippen molar-refractivity contribution < 1.29 is 13.7 Å². The Labute approximate surface area is 171 Å². The van der Waals surface area contributed by atoms with E-state index in [0.717, 1.165) is 5.69 Å². The van der Waals surface area contributed by atoms with Crippen LogP contribution in [0.15, 0.2) is 57.7 Å². The molecule has 0 fully saturated rings. The molecule has 0 unspecified atom stereocenters. The SMILES string of the molecule is Cc1noc(CCCNC(=O)c2cc(-c3ccco3)n(-c3cccc(Cl)c3)n2)n1. The molecule has 0 bridgehead atoms. The van der Waals surface area contributed by atoms with E-state index in [1.807, 2.05) is 18.2 Å². The predicted octanol–water partition coefficient (Wildman–Crippen LogP) is 3.84. The van der Waals surface area contributed by atoms with Gasteiger partial charge in [-0.05, 0) is 43.7 Å². The van der Waals surface area contributed by atoms with Crippen molar-refractivity contribution in [1.29, 1.82) is 0 Å². The Hall–Kier alpha value is -3.39. The number of halogens is 1. The molecule has 1 N–H and O–H groups in total. The molecule has 148 valence electrons. The van der Waals surface area contributed by atoms with Crippen molar-refractivity contribution in [2.24, 2.45) is 0 Å². The van der Waals surface area contributed by atoms with Crippen LogP contribution in [0.5, 0.6) is 0 Å². The van der Waals surface area contributed by atoms with Crippen molar-refractivity contribution in [2.75, 3.05) is 6.54 Å². The summed E-state index contributed by atoms with van der Waals surface area (Å²) in [5.74, 6) is 1.48. The van der Waals surface area contributed by atoms with Crippen molar-refractivity contribution in [3.8, 4) is 17.1 Å². The van der Waals surface area contributed by atoms with Crippen molar-refractivity contribution in [3.63, 3.8) is 0 Å². The van der Waals surface area contributed by atoms with Gasteiger partial charge in [0.05, 0.1) is 12.0 Å². The first-order valence-electron chi connectivity index (χ1n) is 9.07. The number of rotatable bonds is 7. The van der Waals surface area contributed by atoms with E-state index in [1.54, 1.807) is 42.1 Å². The van der Waals surface area contributed by atoms with Gasteiger partial charge < -0.3 is 14.3 Å². The number of amides is 1. The maximum Gasteiger partial charge on any atom is 0.271 e. The van der Waals surface area contributed by atoms with Crippen molar-refractivity contribution in [3.05, 3.63) is 71.2 Å². The maximum atomic E-state index is 12.6. The van der Waals surface area contributed by atoms with Crippen molar-refractivity contribution in [1.82, 2.24) is 25.2 Å². The normalized spacial score (nSPS) is 11.0. The summed E-state index contributed by atoms with van der Waals surface area (Å²) in [4.78, 5) is 16.7. The van der Waals surface area contributed by atoms with Gasteiger partial charge in [0.2, 0.25) is 5.89 Å². The Kier molecular flexibility index (Phi) is 5.44. The van der Waals surface area contributed by atoms with Crippen LogP contribution in [0, 0.1) is 6.92 Å². The molecule has 0 aliphatic rings. The van der Waals surface area contributed by atoms with Crippen LogP contribution < -0.4 is 5.32 Å². The van der Waals surface area contributed by atoms with Crippen LogP contribution in [-0.4, -0.2) is 32.4 Å². The third-order valence-electron chi connectivity index (χ3n) is 4.19. The molecule has 1 amide bonds. The summed E-state index contributed by atoms with van der Waals surface area (Å²) >= 11 is 6.12. The van der Waals surface area contributed by atoms with E-state index in [9.17, 15) is 4.79 Å². The minimum atomic E-state index is -0.278. The molecule has 4 rings (SSSR count). The van der Waals surface area contributed by atoms with Gasteiger partial charge in [-0.25, -0.2) is 4.68 Å². The predicted molar refractivity (Wildman–Crippen MR) is 106 cm³/mol. The van der Waals surface area contributed by atoms with Crippen LogP contribution in [0.25, 0.3) is 17.1 Å². The molecule has 9 heteroatoms. The van der Waals surface area contributed by atoms with Gasteiger partial charge >= 0.3 is 0 Å². The van der Waals surface area contributed by atoms with Gasteiger partial charge in [0.1, 0.15) is 5.69 Å². The zero-order valence-electron chi connectivity index (χ0n) is 15.6. The van der Waals surface area contributed by atoms with E-state index in [1.165, 1.54) is 0 Å². The molecule has 1 aromatic carbocycles. The average Bonchev–Trinajstić information content (AvgIpc) is 3.45. The van der Waals surface area contributed by atoms with Crippen LogP contribution in [-0.2, 0) is 6.42 Å². The molecule has 0 atom stereocenters. The Balaban J connectivity index is 1.49. The minimum absolute atomic E-state index is 0.278. The second-order valence-corrected chi connectivity index (χ2v) is 6.82. The zero-order chi connectivity index (χ0) is 20.2. The summed E-state index contributed by atoms with van der Waals surface area (Å²) in [5, 5.41) is 11.6. The Bertz CT molecular complexity index is 1120. The fraction of sp³-hybridized carbons (Fsp3) is 0.200. The fourth-order valence-electron chi connectivity index (χ4n) is 2.87. The van der Waals surface area contributed by atoms with E-state index < -0.39 is 0 Å². The summed E-state index contributed by atoms with van der Waals surface area (Å²) in [6.45, 7) is 2.22. The third-order valence-corrected chi connectivity index (χ3v) is 4.43. The lowest BCUT2D eigenvalue weighted by molar-refractivity contribution is 0.0947. The van der Waals surface area contributed by atoms with Gasteiger partial charge in [-0.3, -0.25) is 4.79 Å². The number of carbonyl (C=O) groups excluding carboxylic acids is 1. The lowest BCUT2D eigenvalue weighted by Crippen LogP contribution is -2.25. The van der Waals surface area contributed by atoms with Crippen LogP contribution in [0.3, 0.4) is 0 Å². The number of nitrogens with zero attached hydrogens (tertiary/aromatic N) is 4. The molecule has 0 aliphatic heterocycles. The molecular weight excluding hydrogens is 394 g/mol. The lowest BCUT2D eigenvalue weighted by Gasteiger charge is -2.06.